The molecule has 28 heavy (non-hydrogen) atoms. The van der Waals surface area contributed by atoms with Crippen molar-refractivity contribution in [3.05, 3.63) is 45.5 Å². The highest BCUT2D eigenvalue weighted by Crippen LogP contribution is 2.28. The van der Waals surface area contributed by atoms with E-state index in [9.17, 15) is 4.79 Å². The second kappa shape index (κ2) is 8.53. The third-order valence-corrected chi connectivity index (χ3v) is 6.84. The summed E-state index contributed by atoms with van der Waals surface area (Å²) in [5.74, 6) is 2.22. The number of thioether (sulfide) groups is 1. The number of aryl methyl sites for hydroxylation is 2. The molecule has 0 spiro atoms. The predicted octanol–water partition coefficient (Wildman–Crippen LogP) is 4.56. The smallest absolute Gasteiger partial charge is 0.228 e. The molecule has 0 amide bonds. The van der Waals surface area contributed by atoms with Crippen LogP contribution in [0.1, 0.15) is 45.1 Å². The Morgan fingerprint density at radius 3 is 2.75 bits per heavy atom. The maximum Gasteiger partial charge on any atom is 0.228 e. The summed E-state index contributed by atoms with van der Waals surface area (Å²) in [4.78, 5) is 17.2. The number of hydrogen-bond donors (Lipinski definition) is 0. The number of carbonyl (C=O) groups is 1. The first-order chi connectivity index (χ1) is 13.6. The van der Waals surface area contributed by atoms with E-state index in [1.54, 1.807) is 17.6 Å². The molecule has 0 aliphatic carbocycles. The normalized spacial score (nSPS) is 14.6. The molecular formula is C20H24N4O2S2. The summed E-state index contributed by atoms with van der Waals surface area (Å²) in [6.45, 7) is 6.59. The Balaban J connectivity index is 1.54. The van der Waals surface area contributed by atoms with Crippen LogP contribution in [0.15, 0.2) is 34.0 Å². The highest BCUT2D eigenvalue weighted by Gasteiger charge is 2.22. The summed E-state index contributed by atoms with van der Waals surface area (Å²) in [6, 6.07) is 5.82. The number of rotatable bonds is 7. The second-order valence-corrected chi connectivity index (χ2v) is 9.44. The van der Waals surface area contributed by atoms with E-state index >= 15 is 0 Å². The average Bonchev–Trinajstić information content (AvgIpc) is 3.42. The number of Topliss-reactive ketones (excluding diaryl/α,β-unsaturated/α-hetero) is 1. The van der Waals surface area contributed by atoms with Crippen molar-refractivity contribution in [2.45, 2.75) is 44.8 Å². The lowest BCUT2D eigenvalue weighted by Gasteiger charge is -2.27. The summed E-state index contributed by atoms with van der Waals surface area (Å²) >= 11 is 3.12. The van der Waals surface area contributed by atoms with Gasteiger partial charge in [-0.3, -0.25) is 9.36 Å². The van der Waals surface area contributed by atoms with E-state index in [0.29, 0.717) is 12.3 Å². The number of piperidine rings is 1. The molecular weight excluding hydrogens is 392 g/mol. The van der Waals surface area contributed by atoms with Crippen LogP contribution in [0.5, 0.6) is 0 Å². The van der Waals surface area contributed by atoms with Gasteiger partial charge in [0.1, 0.15) is 5.76 Å². The van der Waals surface area contributed by atoms with Crippen LogP contribution >= 0.6 is 23.1 Å². The van der Waals surface area contributed by atoms with Crippen molar-refractivity contribution in [3.63, 3.8) is 0 Å². The SMILES string of the molecule is Cc1cc(C(=O)CSc2nnc(N3CCCCC3)n2Cc2ccco2)c(C)s1. The lowest BCUT2D eigenvalue weighted by molar-refractivity contribution is 0.102. The summed E-state index contributed by atoms with van der Waals surface area (Å²) in [5, 5.41) is 9.63. The fourth-order valence-corrected chi connectivity index (χ4v) is 5.29. The number of anilines is 1. The molecule has 6 nitrogen and oxygen atoms in total. The molecule has 0 radical (unpaired) electrons. The maximum atomic E-state index is 12.7. The van der Waals surface area contributed by atoms with Crippen LogP contribution in [0.2, 0.25) is 0 Å². The Morgan fingerprint density at radius 1 is 1.25 bits per heavy atom. The van der Waals surface area contributed by atoms with E-state index in [2.05, 4.69) is 19.7 Å². The van der Waals surface area contributed by atoms with Gasteiger partial charge in [-0.15, -0.1) is 21.5 Å². The highest BCUT2D eigenvalue weighted by molar-refractivity contribution is 7.99. The summed E-state index contributed by atoms with van der Waals surface area (Å²) < 4.78 is 7.63. The van der Waals surface area contributed by atoms with Crippen LogP contribution in [-0.4, -0.2) is 39.4 Å². The largest absolute Gasteiger partial charge is 0.467 e. The fourth-order valence-electron chi connectivity index (χ4n) is 3.53. The van der Waals surface area contributed by atoms with Gasteiger partial charge in [-0.25, -0.2) is 0 Å². The zero-order valence-corrected chi connectivity index (χ0v) is 17.8. The zero-order chi connectivity index (χ0) is 19.5. The molecule has 148 valence electrons. The Hall–Kier alpha value is -2.06. The van der Waals surface area contributed by atoms with Crippen LogP contribution in [0.3, 0.4) is 0 Å². The minimum Gasteiger partial charge on any atom is -0.467 e. The van der Waals surface area contributed by atoms with Crippen molar-refractivity contribution in [3.8, 4) is 0 Å². The zero-order valence-electron chi connectivity index (χ0n) is 16.2. The van der Waals surface area contributed by atoms with Crippen molar-refractivity contribution in [2.24, 2.45) is 0 Å². The van der Waals surface area contributed by atoms with E-state index in [1.807, 2.05) is 32.0 Å². The van der Waals surface area contributed by atoms with Crippen molar-refractivity contribution < 1.29 is 9.21 Å². The lowest BCUT2D eigenvalue weighted by Crippen LogP contribution is -2.32. The Bertz CT molecular complexity index is 940. The molecule has 3 aromatic heterocycles. The van der Waals surface area contributed by atoms with E-state index in [0.717, 1.165) is 40.4 Å². The van der Waals surface area contributed by atoms with Crippen LogP contribution in [-0.2, 0) is 6.54 Å². The Morgan fingerprint density at radius 2 is 2.07 bits per heavy atom. The highest BCUT2D eigenvalue weighted by atomic mass is 32.2. The van der Waals surface area contributed by atoms with Gasteiger partial charge in [0.25, 0.3) is 0 Å². The number of ketones is 1. The molecule has 4 heterocycles. The standard InChI is InChI=1S/C20H24N4O2S2/c1-14-11-17(15(2)28-14)18(25)13-27-20-22-21-19(23-8-4-3-5-9-23)24(20)12-16-7-6-10-26-16/h6-7,10-11H,3-5,8-9,12-13H2,1-2H3. The van der Waals surface area contributed by atoms with Crippen molar-refractivity contribution >= 4 is 34.8 Å². The van der Waals surface area contributed by atoms with Gasteiger partial charge in [-0.1, -0.05) is 11.8 Å². The first kappa shape index (κ1) is 19.3. The van der Waals surface area contributed by atoms with Crippen molar-refractivity contribution in [1.29, 1.82) is 0 Å². The maximum absolute atomic E-state index is 12.7. The van der Waals surface area contributed by atoms with Crippen molar-refractivity contribution in [1.82, 2.24) is 14.8 Å². The average molecular weight is 417 g/mol. The minimum atomic E-state index is 0.138. The third kappa shape index (κ3) is 4.17. The summed E-state index contributed by atoms with van der Waals surface area (Å²) in [6.07, 6.45) is 5.29. The molecule has 0 saturated carbocycles. The van der Waals surface area contributed by atoms with Crippen LogP contribution < -0.4 is 4.90 Å². The molecule has 4 rings (SSSR count). The number of thiophene rings is 1. The Labute approximate surface area is 172 Å². The van der Waals surface area contributed by atoms with Gasteiger partial charge in [-0.05, 0) is 51.3 Å². The van der Waals surface area contributed by atoms with Gasteiger partial charge in [0.2, 0.25) is 5.95 Å². The van der Waals surface area contributed by atoms with Crippen molar-refractivity contribution in [2.75, 3.05) is 23.7 Å². The predicted molar refractivity (Wildman–Crippen MR) is 113 cm³/mol. The number of carbonyl (C=O) groups excluding carboxylic acids is 1. The molecule has 1 aliphatic rings. The number of aromatic nitrogens is 3. The topological polar surface area (TPSA) is 64.2 Å². The lowest BCUT2D eigenvalue weighted by atomic mass is 10.1. The molecule has 8 heteroatoms. The quantitative estimate of drug-likeness (QED) is 0.415. The molecule has 0 aromatic carbocycles. The number of furan rings is 1. The minimum absolute atomic E-state index is 0.138. The molecule has 0 N–H and O–H groups in total. The molecule has 0 atom stereocenters. The van der Waals surface area contributed by atoms with Gasteiger partial charge >= 0.3 is 0 Å². The third-order valence-electron chi connectivity index (χ3n) is 4.90. The monoisotopic (exact) mass is 416 g/mol. The van der Waals surface area contributed by atoms with Crippen LogP contribution in [0.4, 0.5) is 5.95 Å². The van der Waals surface area contributed by atoms with E-state index in [1.165, 1.54) is 35.9 Å². The van der Waals surface area contributed by atoms with E-state index in [-0.39, 0.29) is 5.78 Å². The molecule has 0 unspecified atom stereocenters. The molecule has 1 fully saturated rings. The van der Waals surface area contributed by atoms with Crippen LogP contribution in [0, 0.1) is 13.8 Å². The van der Waals surface area contributed by atoms with Gasteiger partial charge in [0.15, 0.2) is 10.9 Å². The van der Waals surface area contributed by atoms with Gasteiger partial charge in [0.05, 0.1) is 18.6 Å². The first-order valence-electron chi connectivity index (χ1n) is 9.55. The van der Waals surface area contributed by atoms with Gasteiger partial charge in [-0.2, -0.15) is 0 Å². The summed E-state index contributed by atoms with van der Waals surface area (Å²) in [7, 11) is 0. The first-order valence-corrected chi connectivity index (χ1v) is 11.4. The van der Waals surface area contributed by atoms with E-state index in [4.69, 9.17) is 4.42 Å². The molecule has 1 saturated heterocycles. The molecule has 0 bridgehead atoms. The molecule has 1 aliphatic heterocycles. The van der Waals surface area contributed by atoms with Crippen LogP contribution in [0.25, 0.3) is 0 Å². The summed E-state index contributed by atoms with van der Waals surface area (Å²) in [5.41, 5.74) is 0.823. The number of nitrogens with zero attached hydrogens (tertiary/aromatic N) is 4. The van der Waals surface area contributed by atoms with Gasteiger partial charge in [0, 0.05) is 28.4 Å². The van der Waals surface area contributed by atoms with E-state index < -0.39 is 0 Å². The molecule has 3 aromatic rings. The number of hydrogen-bond acceptors (Lipinski definition) is 7. The Kier molecular flexibility index (Phi) is 5.87. The van der Waals surface area contributed by atoms with Gasteiger partial charge < -0.3 is 9.32 Å². The fraction of sp³-hybridized carbons (Fsp3) is 0.450. The second-order valence-electron chi connectivity index (χ2n) is 7.03.